The molecule has 102 valence electrons. The molecule has 0 bridgehead atoms. The maximum Gasteiger partial charge on any atom is 0.124 e. The van der Waals surface area contributed by atoms with Crippen LogP contribution in [-0.2, 0) is 0 Å². The van der Waals surface area contributed by atoms with Crippen LogP contribution in [0.15, 0.2) is 12.1 Å². The Hall–Kier alpha value is -0.220. The van der Waals surface area contributed by atoms with Gasteiger partial charge in [0.15, 0.2) is 0 Å². The Balaban J connectivity index is 3.30. The van der Waals surface area contributed by atoms with Gasteiger partial charge in [0.05, 0.1) is 13.2 Å². The second-order valence-corrected chi connectivity index (χ2v) is 6.77. The fourth-order valence-corrected chi connectivity index (χ4v) is 2.49. The van der Waals surface area contributed by atoms with Crippen molar-refractivity contribution < 1.29 is 9.47 Å². The number of ether oxygens (including phenoxy) is 2. The molecular formula is C14H20Br2O2. The molecule has 0 fully saturated rings. The molecule has 0 heterocycles. The summed E-state index contributed by atoms with van der Waals surface area (Å²) in [6.45, 7) is 9.50. The zero-order valence-electron chi connectivity index (χ0n) is 11.3. The molecule has 0 amide bonds. The maximum absolute atomic E-state index is 5.72. The van der Waals surface area contributed by atoms with Crippen LogP contribution in [0.25, 0.3) is 0 Å². The van der Waals surface area contributed by atoms with Crippen LogP contribution in [0, 0.1) is 0 Å². The molecule has 18 heavy (non-hydrogen) atoms. The number of hydrogen-bond acceptors (Lipinski definition) is 2. The zero-order valence-corrected chi connectivity index (χ0v) is 14.5. The smallest absolute Gasteiger partial charge is 0.124 e. The summed E-state index contributed by atoms with van der Waals surface area (Å²) >= 11 is 7.21. The predicted molar refractivity (Wildman–Crippen MR) is 83.5 cm³/mol. The lowest BCUT2D eigenvalue weighted by atomic mass is 10.0. The molecule has 1 aromatic carbocycles. The highest BCUT2D eigenvalue weighted by Crippen LogP contribution is 2.40. The van der Waals surface area contributed by atoms with Crippen LogP contribution in [0.5, 0.6) is 11.5 Å². The van der Waals surface area contributed by atoms with Gasteiger partial charge in [-0.2, -0.15) is 0 Å². The third kappa shape index (κ3) is 3.89. The summed E-state index contributed by atoms with van der Waals surface area (Å²) in [5.74, 6) is 1.85. The Morgan fingerprint density at radius 3 is 1.44 bits per heavy atom. The molecule has 2 unspecified atom stereocenters. The average Bonchev–Trinajstić information content (AvgIpc) is 2.30. The molecule has 1 aromatic rings. The van der Waals surface area contributed by atoms with E-state index in [0.29, 0.717) is 13.2 Å². The van der Waals surface area contributed by atoms with Crippen LogP contribution in [0.4, 0.5) is 0 Å². The van der Waals surface area contributed by atoms with Crippen LogP contribution in [0.3, 0.4) is 0 Å². The molecule has 0 aliphatic carbocycles. The van der Waals surface area contributed by atoms with E-state index in [1.54, 1.807) is 0 Å². The molecule has 0 N–H and O–H groups in total. The molecule has 0 saturated heterocycles. The summed E-state index contributed by atoms with van der Waals surface area (Å²) in [5, 5.41) is 0. The predicted octanol–water partition coefficient (Wildman–Crippen LogP) is 5.40. The first-order valence-electron chi connectivity index (χ1n) is 6.22. The van der Waals surface area contributed by atoms with E-state index >= 15 is 0 Å². The van der Waals surface area contributed by atoms with Gasteiger partial charge in [-0.25, -0.2) is 0 Å². The number of benzene rings is 1. The van der Waals surface area contributed by atoms with Gasteiger partial charge < -0.3 is 9.47 Å². The highest BCUT2D eigenvalue weighted by molar-refractivity contribution is 9.09. The lowest BCUT2D eigenvalue weighted by molar-refractivity contribution is 0.325. The Morgan fingerprint density at radius 1 is 0.889 bits per heavy atom. The number of alkyl halides is 2. The topological polar surface area (TPSA) is 18.5 Å². The van der Waals surface area contributed by atoms with Gasteiger partial charge >= 0.3 is 0 Å². The van der Waals surface area contributed by atoms with Crippen LogP contribution in [-0.4, -0.2) is 13.2 Å². The summed E-state index contributed by atoms with van der Waals surface area (Å²) in [7, 11) is 0. The molecule has 0 radical (unpaired) electrons. The molecule has 1 rings (SSSR count). The van der Waals surface area contributed by atoms with Gasteiger partial charge in [-0.05, 0) is 39.8 Å². The fourth-order valence-electron chi connectivity index (χ4n) is 1.77. The second kappa shape index (κ2) is 7.39. The Kier molecular flexibility index (Phi) is 6.50. The Labute approximate surface area is 126 Å². The molecule has 2 nitrogen and oxygen atoms in total. The van der Waals surface area contributed by atoms with Crippen molar-refractivity contribution in [2.24, 2.45) is 0 Å². The minimum Gasteiger partial charge on any atom is -0.494 e. The quantitative estimate of drug-likeness (QED) is 0.616. The summed E-state index contributed by atoms with van der Waals surface area (Å²) in [6.07, 6.45) is 0. The van der Waals surface area contributed by atoms with E-state index in [2.05, 4.69) is 57.8 Å². The van der Waals surface area contributed by atoms with Gasteiger partial charge in [-0.1, -0.05) is 31.9 Å². The van der Waals surface area contributed by atoms with E-state index < -0.39 is 0 Å². The summed E-state index contributed by atoms with van der Waals surface area (Å²) in [4.78, 5) is 0.468. The van der Waals surface area contributed by atoms with Crippen LogP contribution < -0.4 is 9.47 Å². The molecule has 0 aromatic heterocycles. The van der Waals surface area contributed by atoms with E-state index in [1.807, 2.05) is 13.8 Å². The Morgan fingerprint density at radius 2 is 1.22 bits per heavy atom. The molecule has 4 heteroatoms. The van der Waals surface area contributed by atoms with Gasteiger partial charge in [0.1, 0.15) is 11.5 Å². The second-order valence-electron chi connectivity index (χ2n) is 4.03. The average molecular weight is 380 g/mol. The van der Waals surface area contributed by atoms with Gasteiger partial charge in [0, 0.05) is 20.8 Å². The van der Waals surface area contributed by atoms with Gasteiger partial charge in [-0.3, -0.25) is 0 Å². The minimum atomic E-state index is 0.234. The van der Waals surface area contributed by atoms with Crippen LogP contribution >= 0.6 is 31.9 Å². The monoisotopic (exact) mass is 378 g/mol. The van der Waals surface area contributed by atoms with E-state index in [-0.39, 0.29) is 9.65 Å². The third-order valence-corrected chi connectivity index (χ3v) is 3.59. The van der Waals surface area contributed by atoms with Crippen molar-refractivity contribution in [2.45, 2.75) is 37.3 Å². The van der Waals surface area contributed by atoms with E-state index in [1.165, 1.54) is 0 Å². The van der Waals surface area contributed by atoms with Crippen molar-refractivity contribution in [3.63, 3.8) is 0 Å². The maximum atomic E-state index is 5.72. The number of halogens is 2. The number of rotatable bonds is 6. The molecule has 0 aliphatic rings. The highest BCUT2D eigenvalue weighted by Gasteiger charge is 2.17. The van der Waals surface area contributed by atoms with Crippen molar-refractivity contribution in [2.75, 3.05) is 13.2 Å². The van der Waals surface area contributed by atoms with Crippen LogP contribution in [0.2, 0.25) is 0 Å². The van der Waals surface area contributed by atoms with Crippen LogP contribution in [0.1, 0.15) is 48.5 Å². The highest BCUT2D eigenvalue weighted by atomic mass is 79.9. The first kappa shape index (κ1) is 15.8. The van der Waals surface area contributed by atoms with Crippen molar-refractivity contribution in [3.05, 3.63) is 23.3 Å². The standard InChI is InChI=1S/C14H20Br2O2/c1-5-17-13-7-12(10(4)16)14(18-6-2)8-11(13)9(3)15/h7-10H,5-6H2,1-4H3. The van der Waals surface area contributed by atoms with Gasteiger partial charge in [0.2, 0.25) is 0 Å². The largest absolute Gasteiger partial charge is 0.494 e. The fraction of sp³-hybridized carbons (Fsp3) is 0.571. The lowest BCUT2D eigenvalue weighted by Gasteiger charge is -2.19. The SMILES string of the molecule is CCOc1cc(C(C)Br)c(OCC)cc1C(C)Br. The molecule has 0 spiro atoms. The van der Waals surface area contributed by atoms with Crippen molar-refractivity contribution in [1.82, 2.24) is 0 Å². The van der Waals surface area contributed by atoms with Crippen molar-refractivity contribution in [3.8, 4) is 11.5 Å². The van der Waals surface area contributed by atoms with Crippen molar-refractivity contribution >= 4 is 31.9 Å². The minimum absolute atomic E-state index is 0.234. The van der Waals surface area contributed by atoms with E-state index in [9.17, 15) is 0 Å². The summed E-state index contributed by atoms with van der Waals surface area (Å²) in [5.41, 5.74) is 2.24. The van der Waals surface area contributed by atoms with Gasteiger partial charge in [-0.15, -0.1) is 0 Å². The molecule has 0 aliphatic heterocycles. The molecule has 2 atom stereocenters. The third-order valence-electron chi connectivity index (χ3n) is 2.60. The van der Waals surface area contributed by atoms with Crippen molar-refractivity contribution in [1.29, 1.82) is 0 Å². The zero-order chi connectivity index (χ0) is 13.7. The van der Waals surface area contributed by atoms with E-state index in [4.69, 9.17) is 9.47 Å². The lowest BCUT2D eigenvalue weighted by Crippen LogP contribution is -2.03. The number of hydrogen-bond donors (Lipinski definition) is 0. The van der Waals surface area contributed by atoms with E-state index in [0.717, 1.165) is 22.6 Å². The normalized spacial score (nSPS) is 14.1. The Bertz CT molecular complexity index is 352. The first-order chi connectivity index (χ1) is 8.51. The molecule has 0 saturated carbocycles. The summed E-state index contributed by atoms with van der Waals surface area (Å²) < 4.78 is 11.4. The van der Waals surface area contributed by atoms with Gasteiger partial charge in [0.25, 0.3) is 0 Å². The first-order valence-corrected chi connectivity index (χ1v) is 8.05. The summed E-state index contributed by atoms with van der Waals surface area (Å²) in [6, 6.07) is 4.14. The molecular weight excluding hydrogens is 360 g/mol.